The van der Waals surface area contributed by atoms with E-state index in [2.05, 4.69) is 14.2 Å². The molecule has 0 bridgehead atoms. The van der Waals surface area contributed by atoms with Gasteiger partial charge in [-0.25, -0.2) is 0 Å². The molecule has 0 spiro atoms. The summed E-state index contributed by atoms with van der Waals surface area (Å²) in [5, 5.41) is 0. The fourth-order valence-corrected chi connectivity index (χ4v) is 0.841. The van der Waals surface area contributed by atoms with Crippen molar-refractivity contribution in [2.45, 2.75) is 25.7 Å². The number of ether oxygens (including phenoxy) is 3. The summed E-state index contributed by atoms with van der Waals surface area (Å²) >= 11 is 0. The van der Waals surface area contributed by atoms with Crippen molar-refractivity contribution in [3.8, 4) is 0 Å². The zero-order valence-electron chi connectivity index (χ0n) is 9.69. The van der Waals surface area contributed by atoms with Gasteiger partial charge in [-0.15, -0.1) is 0 Å². The minimum Gasteiger partial charge on any atom is -0.469 e. The molecule has 0 saturated carbocycles. The quantitative estimate of drug-likeness (QED) is 0.368. The fourth-order valence-electron chi connectivity index (χ4n) is 0.841. The molecule has 0 aliphatic heterocycles. The Hall–Kier alpha value is -1.92. The molecule has 7 nitrogen and oxygen atoms in total. The van der Waals surface area contributed by atoms with Crippen molar-refractivity contribution in [1.29, 1.82) is 0 Å². The van der Waals surface area contributed by atoms with Gasteiger partial charge in [0.1, 0.15) is 0 Å². The molecule has 0 aromatic heterocycles. The van der Waals surface area contributed by atoms with Crippen LogP contribution in [0.25, 0.3) is 0 Å². The third-order valence-electron chi connectivity index (χ3n) is 1.75. The lowest BCUT2D eigenvalue weighted by atomic mass is 10.3. The molecule has 0 radical (unpaired) electrons. The number of esters is 4. The number of carbonyl (C=O) groups excluding carboxylic acids is 4. The van der Waals surface area contributed by atoms with Gasteiger partial charge >= 0.3 is 23.9 Å². The molecule has 0 saturated heterocycles. The molecule has 0 atom stereocenters. The minimum atomic E-state index is -0.828. The molecule has 7 heteroatoms. The molecular weight excluding hydrogens is 232 g/mol. The van der Waals surface area contributed by atoms with E-state index in [1.807, 2.05) is 0 Å². The second kappa shape index (κ2) is 8.26. The maximum Gasteiger partial charge on any atom is 0.314 e. The highest BCUT2D eigenvalue weighted by molar-refractivity contribution is 5.88. The van der Waals surface area contributed by atoms with Crippen molar-refractivity contribution in [2.75, 3.05) is 14.2 Å². The first-order chi connectivity index (χ1) is 7.99. The van der Waals surface area contributed by atoms with Gasteiger partial charge in [-0.2, -0.15) is 0 Å². The molecule has 0 fully saturated rings. The maximum absolute atomic E-state index is 11.0. The van der Waals surface area contributed by atoms with Crippen LogP contribution in [-0.2, 0) is 33.4 Å². The molecule has 0 aliphatic carbocycles. The summed E-state index contributed by atoms with van der Waals surface area (Å²) in [4.78, 5) is 43.4. The minimum absolute atomic E-state index is 0.153. The Labute approximate surface area is 98.0 Å². The van der Waals surface area contributed by atoms with Crippen LogP contribution >= 0.6 is 0 Å². The molecule has 0 amide bonds. The molecule has 0 aliphatic rings. The lowest BCUT2D eigenvalue weighted by Crippen LogP contribution is -2.15. The highest BCUT2D eigenvalue weighted by atomic mass is 16.6. The largest absolute Gasteiger partial charge is 0.469 e. The summed E-state index contributed by atoms with van der Waals surface area (Å²) in [7, 11) is 2.38. The molecule has 0 aromatic rings. The Morgan fingerprint density at radius 1 is 0.647 bits per heavy atom. The Kier molecular flexibility index (Phi) is 7.32. The van der Waals surface area contributed by atoms with E-state index < -0.39 is 23.9 Å². The SMILES string of the molecule is COC(=O)CCC(=O)OC(=O)CCC(=O)OC. The molecule has 96 valence electrons. The van der Waals surface area contributed by atoms with Crippen LogP contribution in [-0.4, -0.2) is 38.1 Å². The Bertz CT molecular complexity index is 278. The van der Waals surface area contributed by atoms with E-state index in [1.54, 1.807) is 0 Å². The molecule has 0 unspecified atom stereocenters. The molecule has 0 N–H and O–H groups in total. The number of carbonyl (C=O) groups is 4. The second-order valence-electron chi connectivity index (χ2n) is 3.00. The topological polar surface area (TPSA) is 96.0 Å². The van der Waals surface area contributed by atoms with Gasteiger partial charge in [0.2, 0.25) is 0 Å². The number of rotatable bonds is 6. The van der Waals surface area contributed by atoms with Crippen LogP contribution < -0.4 is 0 Å². The first-order valence-corrected chi connectivity index (χ1v) is 4.86. The first kappa shape index (κ1) is 15.1. The van der Waals surface area contributed by atoms with Crippen LogP contribution in [0.3, 0.4) is 0 Å². The van der Waals surface area contributed by atoms with Gasteiger partial charge in [0.15, 0.2) is 0 Å². The zero-order valence-corrected chi connectivity index (χ0v) is 9.69. The standard InChI is InChI=1S/C10H14O7/c1-15-7(11)3-5-9(13)17-10(14)6-4-8(12)16-2/h3-6H2,1-2H3. The molecule has 17 heavy (non-hydrogen) atoms. The summed E-state index contributed by atoms with van der Waals surface area (Å²) in [6, 6.07) is 0. The van der Waals surface area contributed by atoms with E-state index in [1.165, 1.54) is 14.2 Å². The third kappa shape index (κ3) is 7.95. The van der Waals surface area contributed by atoms with Crippen molar-refractivity contribution in [3.63, 3.8) is 0 Å². The predicted octanol–water partition coefficient (Wildman–Crippen LogP) is -0.0374. The second-order valence-corrected chi connectivity index (χ2v) is 3.00. The predicted molar refractivity (Wildman–Crippen MR) is 53.6 cm³/mol. The average Bonchev–Trinajstić information content (AvgIpc) is 2.32. The van der Waals surface area contributed by atoms with Gasteiger partial charge in [-0.3, -0.25) is 19.2 Å². The van der Waals surface area contributed by atoms with Crippen molar-refractivity contribution in [1.82, 2.24) is 0 Å². The van der Waals surface area contributed by atoms with Crippen LogP contribution in [0.4, 0.5) is 0 Å². The molecule has 0 rings (SSSR count). The van der Waals surface area contributed by atoms with E-state index in [-0.39, 0.29) is 25.7 Å². The van der Waals surface area contributed by atoms with Gasteiger partial charge in [0, 0.05) is 0 Å². The number of hydrogen-bond donors (Lipinski definition) is 0. The monoisotopic (exact) mass is 246 g/mol. The smallest absolute Gasteiger partial charge is 0.314 e. The number of methoxy groups -OCH3 is 2. The highest BCUT2D eigenvalue weighted by Gasteiger charge is 2.14. The molecule has 0 aromatic carbocycles. The lowest BCUT2D eigenvalue weighted by molar-refractivity contribution is -0.162. The molecular formula is C10H14O7. The number of hydrogen-bond acceptors (Lipinski definition) is 7. The fraction of sp³-hybridized carbons (Fsp3) is 0.600. The van der Waals surface area contributed by atoms with E-state index in [9.17, 15) is 19.2 Å². The van der Waals surface area contributed by atoms with E-state index >= 15 is 0 Å². The van der Waals surface area contributed by atoms with Crippen LogP contribution in [0, 0.1) is 0 Å². The summed E-state index contributed by atoms with van der Waals surface area (Å²) in [5.41, 5.74) is 0. The van der Waals surface area contributed by atoms with Gasteiger partial charge in [-0.05, 0) is 0 Å². The van der Waals surface area contributed by atoms with Crippen molar-refractivity contribution in [2.24, 2.45) is 0 Å². The maximum atomic E-state index is 11.0. The summed E-state index contributed by atoms with van der Waals surface area (Å²) < 4.78 is 13.0. The van der Waals surface area contributed by atoms with Crippen molar-refractivity contribution in [3.05, 3.63) is 0 Å². The van der Waals surface area contributed by atoms with E-state index in [4.69, 9.17) is 0 Å². The first-order valence-electron chi connectivity index (χ1n) is 4.86. The Morgan fingerprint density at radius 3 is 1.24 bits per heavy atom. The van der Waals surface area contributed by atoms with Crippen LogP contribution in [0.5, 0.6) is 0 Å². The summed E-state index contributed by atoms with van der Waals surface area (Å²) in [6.07, 6.45) is -0.785. The van der Waals surface area contributed by atoms with Crippen molar-refractivity contribution >= 4 is 23.9 Å². The van der Waals surface area contributed by atoms with Crippen LogP contribution in [0.15, 0.2) is 0 Å². The molecule has 0 heterocycles. The Balaban J connectivity index is 3.77. The van der Waals surface area contributed by atoms with Crippen molar-refractivity contribution < 1.29 is 33.4 Å². The Morgan fingerprint density at radius 2 is 0.941 bits per heavy atom. The van der Waals surface area contributed by atoms with Crippen LogP contribution in [0.1, 0.15) is 25.7 Å². The van der Waals surface area contributed by atoms with Gasteiger partial charge in [0.25, 0.3) is 0 Å². The van der Waals surface area contributed by atoms with Gasteiger partial charge < -0.3 is 14.2 Å². The summed E-state index contributed by atoms with van der Waals surface area (Å²) in [6.45, 7) is 0. The van der Waals surface area contributed by atoms with Gasteiger partial charge in [-0.1, -0.05) is 0 Å². The normalized spacial score (nSPS) is 9.29. The van der Waals surface area contributed by atoms with Crippen LogP contribution in [0.2, 0.25) is 0 Å². The van der Waals surface area contributed by atoms with E-state index in [0.717, 1.165) is 0 Å². The third-order valence-corrected chi connectivity index (χ3v) is 1.75. The zero-order chi connectivity index (χ0) is 13.3. The van der Waals surface area contributed by atoms with Gasteiger partial charge in [0.05, 0.1) is 39.9 Å². The summed E-state index contributed by atoms with van der Waals surface area (Å²) in [5.74, 6) is -2.79. The lowest BCUT2D eigenvalue weighted by Gasteiger charge is -2.02. The van der Waals surface area contributed by atoms with E-state index in [0.29, 0.717) is 0 Å². The highest BCUT2D eigenvalue weighted by Crippen LogP contribution is 1.99. The average molecular weight is 246 g/mol.